The zero-order valence-corrected chi connectivity index (χ0v) is 20.0. The minimum Gasteiger partial charge on any atom is -0.389 e. The molecule has 188 valence electrons. The van der Waals surface area contributed by atoms with Gasteiger partial charge in [0.1, 0.15) is 0 Å². The average Bonchev–Trinajstić information content (AvgIpc) is 3.23. The topological polar surface area (TPSA) is 128 Å². The number of carbonyl (C=O) groups excluding carboxylic acids is 1. The maximum Gasteiger partial charge on any atom is 0.289 e. The Bertz CT molecular complexity index is 1180. The van der Waals surface area contributed by atoms with Crippen molar-refractivity contribution in [3.05, 3.63) is 69.2 Å². The maximum absolute atomic E-state index is 12.7. The number of ether oxygens (including phenoxy) is 2. The lowest BCUT2D eigenvalue weighted by molar-refractivity contribution is -0.384. The van der Waals surface area contributed by atoms with Crippen LogP contribution in [0, 0.1) is 16.0 Å². The van der Waals surface area contributed by atoms with E-state index in [-0.39, 0.29) is 30.5 Å². The van der Waals surface area contributed by atoms with Crippen LogP contribution >= 0.6 is 11.6 Å². The van der Waals surface area contributed by atoms with Gasteiger partial charge in [0, 0.05) is 48.8 Å². The van der Waals surface area contributed by atoms with Crippen molar-refractivity contribution in [1.29, 1.82) is 0 Å². The number of piperidine rings is 1. The Balaban J connectivity index is 1.16. The first-order valence-electron chi connectivity index (χ1n) is 11.5. The summed E-state index contributed by atoms with van der Waals surface area (Å²) in [5.41, 5.74) is 4.47. The molecule has 2 unspecified atom stereocenters. The first kappa shape index (κ1) is 24.2. The number of nitro benzene ring substituents is 1. The summed E-state index contributed by atoms with van der Waals surface area (Å²) in [6.45, 7) is 1.80. The number of nitro groups is 1. The second kappa shape index (κ2) is 10.2. The van der Waals surface area contributed by atoms with Gasteiger partial charge >= 0.3 is 0 Å². The van der Waals surface area contributed by atoms with Gasteiger partial charge in [0.25, 0.3) is 11.6 Å². The predicted octanol–water partition coefficient (Wildman–Crippen LogP) is 3.11. The largest absolute Gasteiger partial charge is 0.389 e. The summed E-state index contributed by atoms with van der Waals surface area (Å²) in [4.78, 5) is 30.8. The molecular formula is C24H24ClN5O6. The third kappa shape index (κ3) is 5.18. The number of halogens is 1. The van der Waals surface area contributed by atoms with Gasteiger partial charge in [-0.05, 0) is 29.8 Å². The minimum atomic E-state index is -0.778. The molecule has 0 aromatic heterocycles. The van der Waals surface area contributed by atoms with E-state index in [0.717, 1.165) is 11.3 Å². The summed E-state index contributed by atoms with van der Waals surface area (Å²) >= 11 is 5.88. The lowest BCUT2D eigenvalue weighted by Crippen LogP contribution is -2.48. The average molecular weight is 514 g/mol. The number of hydrogen-bond acceptors (Lipinski definition) is 9. The van der Waals surface area contributed by atoms with E-state index in [1.165, 1.54) is 18.3 Å². The van der Waals surface area contributed by atoms with E-state index in [4.69, 9.17) is 25.9 Å². The molecule has 0 bridgehead atoms. The number of rotatable bonds is 5. The molecule has 1 spiro atoms. The van der Waals surface area contributed by atoms with Crippen molar-refractivity contribution in [3.8, 4) is 0 Å². The maximum atomic E-state index is 12.7. The van der Waals surface area contributed by atoms with E-state index in [1.807, 2.05) is 0 Å². The fourth-order valence-corrected chi connectivity index (χ4v) is 4.58. The van der Waals surface area contributed by atoms with Gasteiger partial charge in [-0.25, -0.2) is 5.43 Å². The van der Waals surface area contributed by atoms with E-state index >= 15 is 0 Å². The molecular weight excluding hydrogens is 490 g/mol. The number of nitrogens with zero attached hydrogens (tertiary/aromatic N) is 4. The Labute approximate surface area is 211 Å². The van der Waals surface area contributed by atoms with Crippen LogP contribution in [0.25, 0.3) is 0 Å². The van der Waals surface area contributed by atoms with Crippen molar-refractivity contribution in [1.82, 2.24) is 5.43 Å². The second-order valence-corrected chi connectivity index (χ2v) is 9.21. The first-order chi connectivity index (χ1) is 17.4. The summed E-state index contributed by atoms with van der Waals surface area (Å²) in [6, 6.07) is 13.5. The minimum absolute atomic E-state index is 0.0615. The van der Waals surface area contributed by atoms with Gasteiger partial charge < -0.3 is 19.2 Å². The molecule has 11 nitrogen and oxygen atoms in total. The number of hydrogen-bond donors (Lipinski definition) is 1. The van der Waals surface area contributed by atoms with E-state index in [1.54, 1.807) is 36.4 Å². The molecule has 2 atom stereocenters. The fourth-order valence-electron chi connectivity index (χ4n) is 4.45. The van der Waals surface area contributed by atoms with Crippen LogP contribution in [0.15, 0.2) is 58.8 Å². The van der Waals surface area contributed by atoms with Crippen molar-refractivity contribution in [2.24, 2.45) is 16.2 Å². The SMILES string of the molecule is O=C(N/N=C\c1ccc(Cl)cc1)C1=NOC2COC3(CCN(c4ccc([N+](=O)[O-])cc4)CC3)OCC12. The smallest absolute Gasteiger partial charge is 0.289 e. The zero-order chi connectivity index (χ0) is 25.1. The van der Waals surface area contributed by atoms with Gasteiger partial charge in [-0.15, -0.1) is 0 Å². The molecule has 0 saturated carbocycles. The lowest BCUT2D eigenvalue weighted by atomic mass is 9.98. The number of non-ortho nitro benzene ring substituents is 1. The number of benzene rings is 2. The summed E-state index contributed by atoms with van der Waals surface area (Å²) in [5.74, 6) is -1.61. The highest BCUT2D eigenvalue weighted by molar-refractivity contribution is 6.40. The van der Waals surface area contributed by atoms with Gasteiger partial charge in [-0.3, -0.25) is 14.9 Å². The third-order valence-corrected chi connectivity index (χ3v) is 6.81. The van der Waals surface area contributed by atoms with Crippen molar-refractivity contribution >= 4 is 40.8 Å². The van der Waals surface area contributed by atoms with E-state index in [0.29, 0.717) is 31.0 Å². The van der Waals surface area contributed by atoms with Crippen molar-refractivity contribution in [3.63, 3.8) is 0 Å². The van der Waals surface area contributed by atoms with Gasteiger partial charge in [-0.1, -0.05) is 28.9 Å². The number of anilines is 1. The summed E-state index contributed by atoms with van der Waals surface area (Å²) < 4.78 is 12.4. The van der Waals surface area contributed by atoms with Crippen LogP contribution in [0.3, 0.4) is 0 Å². The molecule has 1 N–H and O–H groups in total. The molecule has 1 amide bonds. The van der Waals surface area contributed by atoms with Crippen LogP contribution in [-0.2, 0) is 19.1 Å². The summed E-state index contributed by atoms with van der Waals surface area (Å²) in [5, 5.41) is 19.5. The Kier molecular flexibility index (Phi) is 6.86. The van der Waals surface area contributed by atoms with Gasteiger partial charge in [-0.2, -0.15) is 5.10 Å². The molecule has 3 aliphatic rings. The zero-order valence-electron chi connectivity index (χ0n) is 19.2. The second-order valence-electron chi connectivity index (χ2n) is 8.77. The van der Waals surface area contributed by atoms with Crippen LogP contribution in [0.2, 0.25) is 5.02 Å². The fraction of sp³-hybridized carbons (Fsp3) is 0.375. The third-order valence-electron chi connectivity index (χ3n) is 6.56. The van der Waals surface area contributed by atoms with Crippen LogP contribution in [0.5, 0.6) is 0 Å². The Morgan fingerprint density at radius 1 is 1.14 bits per heavy atom. The quantitative estimate of drug-likeness (QED) is 0.369. The Morgan fingerprint density at radius 3 is 2.53 bits per heavy atom. The molecule has 2 fully saturated rings. The number of oxime groups is 1. The number of amides is 1. The molecule has 2 aromatic carbocycles. The Hall–Kier alpha value is -3.54. The van der Waals surface area contributed by atoms with Crippen LogP contribution in [0.1, 0.15) is 18.4 Å². The molecule has 2 saturated heterocycles. The van der Waals surface area contributed by atoms with E-state index in [2.05, 4.69) is 20.6 Å². The Morgan fingerprint density at radius 2 is 1.83 bits per heavy atom. The number of hydrazone groups is 1. The van der Waals surface area contributed by atoms with Gasteiger partial charge in [0.2, 0.25) is 0 Å². The predicted molar refractivity (Wildman–Crippen MR) is 132 cm³/mol. The van der Waals surface area contributed by atoms with Crippen LogP contribution < -0.4 is 10.3 Å². The van der Waals surface area contributed by atoms with Crippen molar-refractivity contribution in [2.75, 3.05) is 31.2 Å². The number of carbonyl (C=O) groups is 1. The van der Waals surface area contributed by atoms with Crippen LogP contribution in [0.4, 0.5) is 11.4 Å². The monoisotopic (exact) mass is 513 g/mol. The highest BCUT2D eigenvalue weighted by atomic mass is 35.5. The van der Waals surface area contributed by atoms with E-state index < -0.39 is 22.7 Å². The van der Waals surface area contributed by atoms with Gasteiger partial charge in [0.15, 0.2) is 17.6 Å². The molecule has 3 aliphatic heterocycles. The van der Waals surface area contributed by atoms with E-state index in [9.17, 15) is 14.9 Å². The molecule has 5 rings (SSSR count). The number of fused-ring (bicyclic) bond motifs is 1. The van der Waals surface area contributed by atoms with Crippen LogP contribution in [-0.4, -0.2) is 61.0 Å². The molecule has 12 heteroatoms. The highest BCUT2D eigenvalue weighted by Crippen LogP contribution is 2.36. The summed E-state index contributed by atoms with van der Waals surface area (Å²) in [6.07, 6.45) is 2.31. The first-order valence-corrected chi connectivity index (χ1v) is 11.9. The molecule has 2 aromatic rings. The normalized spacial score (nSPS) is 23.0. The standard InChI is InChI=1S/C24H24ClN5O6/c25-17-3-1-16(2-4-17)13-26-27-23(31)22-20-14-34-24(35-15-21(20)36-28-22)9-11-29(12-10-24)18-5-7-19(8-6-18)30(32)33/h1-8,13,20-21H,9-12,14-15H2,(H,27,31)/b26-13-. The number of nitrogens with one attached hydrogen (secondary N) is 1. The van der Waals surface area contributed by atoms with Crippen molar-refractivity contribution < 1.29 is 24.0 Å². The summed E-state index contributed by atoms with van der Waals surface area (Å²) in [7, 11) is 0. The molecule has 3 heterocycles. The molecule has 0 radical (unpaired) electrons. The van der Waals surface area contributed by atoms with Gasteiger partial charge in [0.05, 0.1) is 30.3 Å². The molecule has 0 aliphatic carbocycles. The molecule has 36 heavy (non-hydrogen) atoms. The van der Waals surface area contributed by atoms with Crippen molar-refractivity contribution in [2.45, 2.75) is 24.7 Å². The highest BCUT2D eigenvalue weighted by Gasteiger charge is 2.47. The lowest BCUT2D eigenvalue weighted by Gasteiger charge is -2.41.